The van der Waals surface area contributed by atoms with Crippen molar-refractivity contribution < 1.29 is 18.3 Å². The van der Waals surface area contributed by atoms with Crippen molar-refractivity contribution in [3.8, 4) is 5.75 Å². The lowest BCUT2D eigenvalue weighted by Gasteiger charge is -2.23. The summed E-state index contributed by atoms with van der Waals surface area (Å²) in [6, 6.07) is 5.51. The minimum absolute atomic E-state index is 0.0319. The minimum atomic E-state index is -3.62. The van der Waals surface area contributed by atoms with E-state index in [1.54, 1.807) is 13.8 Å². The van der Waals surface area contributed by atoms with Gasteiger partial charge in [-0.3, -0.25) is 0 Å². The molecule has 6 heteroatoms. The number of aromatic hydroxyl groups is 1. The molecule has 0 saturated carbocycles. The zero-order chi connectivity index (χ0) is 13.1. The molecule has 0 aromatic heterocycles. The molecule has 17 heavy (non-hydrogen) atoms. The monoisotopic (exact) mass is 259 g/mol. The Balaban J connectivity index is 2.83. The third-order valence-corrected chi connectivity index (χ3v) is 3.77. The molecule has 96 valence electrons. The molecule has 2 N–H and O–H groups in total. The first-order valence-electron chi connectivity index (χ1n) is 5.11. The fraction of sp³-hybridized carbons (Fsp3) is 0.455. The van der Waals surface area contributed by atoms with E-state index in [9.17, 15) is 13.5 Å². The van der Waals surface area contributed by atoms with Gasteiger partial charge in [0.1, 0.15) is 5.75 Å². The molecular formula is C11H17NO4S. The van der Waals surface area contributed by atoms with Crippen LogP contribution in [-0.2, 0) is 14.8 Å². The molecule has 0 aliphatic heterocycles. The Morgan fingerprint density at radius 1 is 1.41 bits per heavy atom. The van der Waals surface area contributed by atoms with Gasteiger partial charge in [0, 0.05) is 13.7 Å². The highest BCUT2D eigenvalue weighted by Gasteiger charge is 2.21. The van der Waals surface area contributed by atoms with Gasteiger partial charge in [0.05, 0.1) is 10.5 Å². The van der Waals surface area contributed by atoms with Gasteiger partial charge >= 0.3 is 0 Å². The fourth-order valence-electron chi connectivity index (χ4n) is 1.07. The van der Waals surface area contributed by atoms with Crippen molar-refractivity contribution in [1.82, 2.24) is 4.72 Å². The maximum atomic E-state index is 11.9. The molecule has 5 nitrogen and oxygen atoms in total. The number of phenols is 1. The van der Waals surface area contributed by atoms with Crippen LogP contribution in [0, 0.1) is 0 Å². The van der Waals surface area contributed by atoms with E-state index < -0.39 is 15.6 Å². The number of rotatable bonds is 5. The SMILES string of the molecule is COC(C)(C)CNS(=O)(=O)c1cccc(O)c1. The number of hydrogen-bond donors (Lipinski definition) is 2. The standard InChI is InChI=1S/C11H17NO4S/c1-11(2,16-3)8-12-17(14,15)10-6-4-5-9(13)7-10/h4-7,12-13H,8H2,1-3H3. The van der Waals surface area contributed by atoms with E-state index in [1.807, 2.05) is 0 Å². The predicted octanol–water partition coefficient (Wildman–Crippen LogP) is 1.10. The Morgan fingerprint density at radius 2 is 2.06 bits per heavy atom. The zero-order valence-electron chi connectivity index (χ0n) is 10.1. The Hall–Kier alpha value is -1.11. The van der Waals surface area contributed by atoms with Gasteiger partial charge in [0.2, 0.25) is 10.0 Å². The molecule has 1 aromatic rings. The summed E-state index contributed by atoms with van der Waals surface area (Å²) in [5.74, 6) is -0.0844. The Morgan fingerprint density at radius 3 is 2.59 bits per heavy atom. The molecule has 0 bridgehead atoms. The summed E-state index contributed by atoms with van der Waals surface area (Å²) < 4.78 is 31.3. The minimum Gasteiger partial charge on any atom is -0.508 e. The van der Waals surface area contributed by atoms with Gasteiger partial charge in [-0.15, -0.1) is 0 Å². The Kier molecular flexibility index (Phi) is 4.13. The summed E-state index contributed by atoms with van der Waals surface area (Å²) in [4.78, 5) is 0.0319. The molecule has 0 heterocycles. The van der Waals surface area contributed by atoms with Crippen LogP contribution >= 0.6 is 0 Å². The molecule has 0 aliphatic carbocycles. The molecule has 0 radical (unpaired) electrons. The first kappa shape index (κ1) is 14.0. The summed E-state index contributed by atoms with van der Waals surface area (Å²) in [7, 11) is -2.10. The third-order valence-electron chi connectivity index (χ3n) is 2.37. The third kappa shape index (κ3) is 3.99. The predicted molar refractivity (Wildman–Crippen MR) is 64.4 cm³/mol. The molecule has 0 saturated heterocycles. The van der Waals surface area contributed by atoms with Crippen LogP contribution in [0.5, 0.6) is 5.75 Å². The number of nitrogens with one attached hydrogen (secondary N) is 1. The Bertz CT molecular complexity index is 482. The summed E-state index contributed by atoms with van der Waals surface area (Å²) in [6.07, 6.45) is 0. The van der Waals surface area contributed by atoms with Gasteiger partial charge in [0.25, 0.3) is 0 Å². The van der Waals surface area contributed by atoms with Crippen LogP contribution in [0.1, 0.15) is 13.8 Å². The van der Waals surface area contributed by atoms with Crippen molar-refractivity contribution >= 4 is 10.0 Å². The van der Waals surface area contributed by atoms with Crippen molar-refractivity contribution in [1.29, 1.82) is 0 Å². The van der Waals surface area contributed by atoms with Gasteiger partial charge in [-0.2, -0.15) is 0 Å². The average molecular weight is 259 g/mol. The number of sulfonamides is 1. The highest BCUT2D eigenvalue weighted by molar-refractivity contribution is 7.89. The molecule has 0 atom stereocenters. The Labute approximate surface area is 101 Å². The molecule has 1 rings (SSSR count). The van der Waals surface area contributed by atoms with Crippen molar-refractivity contribution in [2.45, 2.75) is 24.3 Å². The van der Waals surface area contributed by atoms with Gasteiger partial charge < -0.3 is 9.84 Å². The second kappa shape index (κ2) is 5.03. The molecular weight excluding hydrogens is 242 g/mol. The lowest BCUT2D eigenvalue weighted by atomic mass is 10.1. The van der Waals surface area contributed by atoms with E-state index in [0.29, 0.717) is 0 Å². The number of benzene rings is 1. The molecule has 0 fully saturated rings. The summed E-state index contributed by atoms with van der Waals surface area (Å²) in [6.45, 7) is 3.71. The van der Waals surface area contributed by atoms with Gasteiger partial charge in [-0.05, 0) is 32.0 Å². The van der Waals surface area contributed by atoms with Crippen LogP contribution in [0.4, 0.5) is 0 Å². The second-order valence-electron chi connectivity index (χ2n) is 4.29. The first-order valence-corrected chi connectivity index (χ1v) is 6.59. The zero-order valence-corrected chi connectivity index (χ0v) is 10.9. The molecule has 0 spiro atoms. The summed E-state index contributed by atoms with van der Waals surface area (Å²) in [5.41, 5.74) is -0.579. The molecule has 0 unspecified atom stereocenters. The highest BCUT2D eigenvalue weighted by Crippen LogP contribution is 2.16. The maximum absolute atomic E-state index is 11.9. The normalized spacial score (nSPS) is 12.6. The fourth-order valence-corrected chi connectivity index (χ4v) is 2.31. The van der Waals surface area contributed by atoms with Crippen LogP contribution in [0.15, 0.2) is 29.2 Å². The van der Waals surface area contributed by atoms with Gasteiger partial charge in [-0.1, -0.05) is 6.07 Å². The van der Waals surface area contributed by atoms with Crippen LogP contribution in [0.3, 0.4) is 0 Å². The maximum Gasteiger partial charge on any atom is 0.240 e. The van der Waals surface area contributed by atoms with E-state index in [0.717, 1.165) is 0 Å². The summed E-state index contributed by atoms with van der Waals surface area (Å²) in [5, 5.41) is 9.23. The van der Waals surface area contributed by atoms with Crippen LogP contribution < -0.4 is 4.72 Å². The lowest BCUT2D eigenvalue weighted by molar-refractivity contribution is 0.0276. The smallest absolute Gasteiger partial charge is 0.240 e. The molecule has 1 aromatic carbocycles. The van der Waals surface area contributed by atoms with Crippen LogP contribution in [0.25, 0.3) is 0 Å². The number of methoxy groups -OCH3 is 1. The summed E-state index contributed by atoms with van der Waals surface area (Å²) >= 11 is 0. The van der Waals surface area contributed by atoms with E-state index in [4.69, 9.17) is 4.74 Å². The highest BCUT2D eigenvalue weighted by atomic mass is 32.2. The van der Waals surface area contributed by atoms with Crippen molar-refractivity contribution in [3.63, 3.8) is 0 Å². The second-order valence-corrected chi connectivity index (χ2v) is 6.05. The van der Waals surface area contributed by atoms with Crippen molar-refractivity contribution in [2.75, 3.05) is 13.7 Å². The first-order chi connectivity index (χ1) is 7.77. The van der Waals surface area contributed by atoms with Crippen molar-refractivity contribution in [3.05, 3.63) is 24.3 Å². The molecule has 0 aliphatic rings. The average Bonchev–Trinajstić information content (AvgIpc) is 2.27. The molecule has 0 amide bonds. The largest absolute Gasteiger partial charge is 0.508 e. The van der Waals surface area contributed by atoms with E-state index in [1.165, 1.54) is 31.4 Å². The van der Waals surface area contributed by atoms with Crippen LogP contribution in [0.2, 0.25) is 0 Å². The van der Waals surface area contributed by atoms with Crippen LogP contribution in [-0.4, -0.2) is 32.8 Å². The number of ether oxygens (including phenoxy) is 1. The topological polar surface area (TPSA) is 75.6 Å². The van der Waals surface area contributed by atoms with Crippen molar-refractivity contribution in [2.24, 2.45) is 0 Å². The number of hydrogen-bond acceptors (Lipinski definition) is 4. The lowest BCUT2D eigenvalue weighted by Crippen LogP contribution is -2.39. The van der Waals surface area contributed by atoms with Gasteiger partial charge in [0.15, 0.2) is 0 Å². The van der Waals surface area contributed by atoms with E-state index in [2.05, 4.69) is 4.72 Å². The van der Waals surface area contributed by atoms with E-state index in [-0.39, 0.29) is 17.2 Å². The quantitative estimate of drug-likeness (QED) is 0.830. The number of phenolic OH excluding ortho intramolecular Hbond substituents is 1. The van der Waals surface area contributed by atoms with E-state index >= 15 is 0 Å². The van der Waals surface area contributed by atoms with Gasteiger partial charge in [-0.25, -0.2) is 13.1 Å².